The molecule has 5 rings (SSSR count). The lowest BCUT2D eigenvalue weighted by Crippen LogP contribution is -2.41. The fraction of sp³-hybridized carbons (Fsp3) is 0.364. The Hall–Kier alpha value is -4.37. The van der Waals surface area contributed by atoms with Gasteiger partial charge in [0.2, 0.25) is 11.8 Å². The molecule has 42 heavy (non-hydrogen) atoms. The van der Waals surface area contributed by atoms with E-state index in [1.165, 1.54) is 0 Å². The standard InChI is InChI=1S/C33H37N3O6/c1-3-41-27-16-22(17-28(42-4-2)30(27)24-6-5-7-25(18-24)31(34)38)20-35-14-12-33(13-15-35)19-29(37)36(21-33)26-10-8-23(9-11-26)32(39)40/h5-11,16-18H,3-4,12-15,19-21H2,1-2H3,(H2,34,38)(H,39,40). The van der Waals surface area contributed by atoms with Crippen LogP contribution in [0.1, 0.15) is 59.4 Å². The number of carboxylic acid groups (broad SMARTS) is 1. The zero-order valence-corrected chi connectivity index (χ0v) is 24.1. The number of aromatic carboxylic acids is 1. The lowest BCUT2D eigenvalue weighted by atomic mass is 9.77. The van der Waals surface area contributed by atoms with E-state index in [9.17, 15) is 19.5 Å². The minimum atomic E-state index is -0.980. The lowest BCUT2D eigenvalue weighted by Gasteiger charge is -2.39. The van der Waals surface area contributed by atoms with Gasteiger partial charge in [-0.3, -0.25) is 14.5 Å². The molecule has 0 aromatic heterocycles. The van der Waals surface area contributed by atoms with Crippen molar-refractivity contribution >= 4 is 23.5 Å². The maximum atomic E-state index is 13.0. The number of likely N-dealkylation sites (tertiary alicyclic amines) is 1. The van der Waals surface area contributed by atoms with Crippen LogP contribution < -0.4 is 20.1 Å². The third-order valence-corrected chi connectivity index (χ3v) is 8.23. The number of amides is 2. The highest BCUT2D eigenvalue weighted by Crippen LogP contribution is 2.44. The Morgan fingerprint density at radius 3 is 2.14 bits per heavy atom. The number of ether oxygens (including phenoxy) is 2. The molecule has 2 aliphatic heterocycles. The molecule has 2 heterocycles. The fourth-order valence-corrected chi connectivity index (χ4v) is 6.08. The highest BCUT2D eigenvalue weighted by Gasteiger charge is 2.45. The number of carboxylic acids is 1. The van der Waals surface area contributed by atoms with Crippen LogP contribution in [0.5, 0.6) is 11.5 Å². The van der Waals surface area contributed by atoms with Gasteiger partial charge < -0.3 is 25.2 Å². The first-order valence-corrected chi connectivity index (χ1v) is 14.4. The van der Waals surface area contributed by atoms with E-state index in [1.807, 2.05) is 32.0 Å². The minimum absolute atomic E-state index is 0.0820. The Balaban J connectivity index is 1.31. The Kier molecular flexibility index (Phi) is 8.49. The Bertz CT molecular complexity index is 1450. The molecule has 3 aromatic rings. The van der Waals surface area contributed by atoms with Gasteiger partial charge in [0.25, 0.3) is 0 Å². The molecule has 2 fully saturated rings. The van der Waals surface area contributed by atoms with E-state index in [0.717, 1.165) is 48.3 Å². The van der Waals surface area contributed by atoms with Crippen LogP contribution in [0.2, 0.25) is 0 Å². The number of nitrogens with zero attached hydrogens (tertiary/aromatic N) is 2. The average Bonchev–Trinajstić information content (AvgIpc) is 3.30. The second kappa shape index (κ2) is 12.2. The number of carbonyl (C=O) groups excluding carboxylic acids is 2. The molecule has 0 bridgehead atoms. The number of carbonyl (C=O) groups is 3. The van der Waals surface area contributed by atoms with Crippen LogP contribution >= 0.6 is 0 Å². The summed E-state index contributed by atoms with van der Waals surface area (Å²) in [5, 5.41) is 9.19. The number of hydrogen-bond donors (Lipinski definition) is 2. The summed E-state index contributed by atoms with van der Waals surface area (Å²) in [6, 6.07) is 17.8. The highest BCUT2D eigenvalue weighted by atomic mass is 16.5. The molecule has 220 valence electrons. The van der Waals surface area contributed by atoms with E-state index >= 15 is 0 Å². The van der Waals surface area contributed by atoms with Gasteiger partial charge in [-0.05, 0) is 105 Å². The second-order valence-electron chi connectivity index (χ2n) is 11.1. The van der Waals surface area contributed by atoms with Gasteiger partial charge in [-0.2, -0.15) is 0 Å². The molecule has 0 aliphatic carbocycles. The number of piperidine rings is 1. The molecule has 0 unspecified atom stereocenters. The van der Waals surface area contributed by atoms with Gasteiger partial charge in [0, 0.05) is 30.8 Å². The summed E-state index contributed by atoms with van der Waals surface area (Å²) in [7, 11) is 0. The van der Waals surface area contributed by atoms with Crippen molar-refractivity contribution in [1.29, 1.82) is 0 Å². The van der Waals surface area contributed by atoms with Crippen molar-refractivity contribution in [3.05, 3.63) is 77.4 Å². The van der Waals surface area contributed by atoms with E-state index in [0.29, 0.717) is 49.8 Å². The van der Waals surface area contributed by atoms with Crippen LogP contribution in [0, 0.1) is 5.41 Å². The number of nitrogens with two attached hydrogens (primary N) is 1. The smallest absolute Gasteiger partial charge is 0.335 e. The summed E-state index contributed by atoms with van der Waals surface area (Å²) >= 11 is 0. The van der Waals surface area contributed by atoms with Crippen molar-refractivity contribution in [2.45, 2.75) is 39.7 Å². The maximum absolute atomic E-state index is 13.0. The third kappa shape index (κ3) is 6.11. The molecule has 0 saturated carbocycles. The lowest BCUT2D eigenvalue weighted by molar-refractivity contribution is -0.118. The van der Waals surface area contributed by atoms with Crippen molar-refractivity contribution in [3.8, 4) is 22.6 Å². The molecular weight excluding hydrogens is 534 g/mol. The van der Waals surface area contributed by atoms with Gasteiger partial charge >= 0.3 is 5.97 Å². The van der Waals surface area contributed by atoms with E-state index in [1.54, 1.807) is 47.4 Å². The maximum Gasteiger partial charge on any atom is 0.335 e. The van der Waals surface area contributed by atoms with Crippen LogP contribution in [0.15, 0.2) is 60.7 Å². The molecular formula is C33H37N3O6. The van der Waals surface area contributed by atoms with Gasteiger partial charge in [-0.1, -0.05) is 12.1 Å². The van der Waals surface area contributed by atoms with E-state index < -0.39 is 11.9 Å². The molecule has 0 atom stereocenters. The van der Waals surface area contributed by atoms with Crippen molar-refractivity contribution in [2.24, 2.45) is 11.1 Å². The van der Waals surface area contributed by atoms with Gasteiger partial charge in [0.1, 0.15) is 11.5 Å². The molecule has 2 amide bonds. The van der Waals surface area contributed by atoms with Gasteiger partial charge in [-0.25, -0.2) is 4.79 Å². The Labute approximate surface area is 245 Å². The predicted octanol–water partition coefficient (Wildman–Crippen LogP) is 4.97. The Morgan fingerprint density at radius 2 is 1.57 bits per heavy atom. The van der Waals surface area contributed by atoms with Crippen molar-refractivity contribution in [1.82, 2.24) is 4.90 Å². The summed E-state index contributed by atoms with van der Waals surface area (Å²) in [4.78, 5) is 40.2. The van der Waals surface area contributed by atoms with E-state index in [2.05, 4.69) is 4.90 Å². The van der Waals surface area contributed by atoms with Crippen LogP contribution in [0.25, 0.3) is 11.1 Å². The minimum Gasteiger partial charge on any atom is -0.493 e. The molecule has 2 aliphatic rings. The third-order valence-electron chi connectivity index (χ3n) is 8.23. The SMILES string of the molecule is CCOc1cc(CN2CCC3(CC2)CC(=O)N(c2ccc(C(=O)O)cc2)C3)cc(OCC)c1-c1cccc(C(N)=O)c1. The number of anilines is 1. The first-order chi connectivity index (χ1) is 20.2. The largest absolute Gasteiger partial charge is 0.493 e. The molecule has 3 N–H and O–H groups in total. The summed E-state index contributed by atoms with van der Waals surface area (Å²) in [5.74, 6) is 0.00601. The van der Waals surface area contributed by atoms with Crippen LogP contribution in [0.3, 0.4) is 0 Å². The summed E-state index contributed by atoms with van der Waals surface area (Å²) in [6.45, 7) is 7.91. The van der Waals surface area contributed by atoms with Crippen molar-refractivity contribution < 1.29 is 29.0 Å². The van der Waals surface area contributed by atoms with Crippen LogP contribution in [-0.4, -0.2) is 60.6 Å². The highest BCUT2D eigenvalue weighted by molar-refractivity contribution is 5.97. The van der Waals surface area contributed by atoms with E-state index in [-0.39, 0.29) is 16.9 Å². The van der Waals surface area contributed by atoms with Crippen LogP contribution in [-0.2, 0) is 11.3 Å². The van der Waals surface area contributed by atoms with E-state index in [4.69, 9.17) is 15.2 Å². The predicted molar refractivity (Wildman–Crippen MR) is 160 cm³/mol. The number of benzene rings is 3. The summed E-state index contributed by atoms with van der Waals surface area (Å²) in [6.07, 6.45) is 2.30. The molecule has 0 radical (unpaired) electrons. The summed E-state index contributed by atoms with van der Waals surface area (Å²) < 4.78 is 12.2. The fourth-order valence-electron chi connectivity index (χ4n) is 6.08. The van der Waals surface area contributed by atoms with Gasteiger partial charge in [0.05, 0.1) is 24.3 Å². The first-order valence-electron chi connectivity index (χ1n) is 14.4. The monoisotopic (exact) mass is 571 g/mol. The average molecular weight is 572 g/mol. The second-order valence-corrected chi connectivity index (χ2v) is 11.1. The normalized spacial score (nSPS) is 16.5. The quantitative estimate of drug-likeness (QED) is 0.352. The zero-order chi connectivity index (χ0) is 29.9. The molecule has 9 nitrogen and oxygen atoms in total. The van der Waals surface area contributed by atoms with Crippen molar-refractivity contribution in [2.75, 3.05) is 37.7 Å². The van der Waals surface area contributed by atoms with Gasteiger partial charge in [-0.15, -0.1) is 0 Å². The molecule has 2 saturated heterocycles. The number of rotatable bonds is 10. The summed E-state index contributed by atoms with van der Waals surface area (Å²) in [5.41, 5.74) is 9.50. The molecule has 3 aromatic carbocycles. The first kappa shape index (κ1) is 29.1. The molecule has 1 spiro atoms. The zero-order valence-electron chi connectivity index (χ0n) is 24.1. The number of primary amides is 1. The Morgan fingerprint density at radius 1 is 0.929 bits per heavy atom. The topological polar surface area (TPSA) is 122 Å². The van der Waals surface area contributed by atoms with Crippen molar-refractivity contribution in [3.63, 3.8) is 0 Å². The number of hydrogen-bond acceptors (Lipinski definition) is 6. The van der Waals surface area contributed by atoms with Gasteiger partial charge in [0.15, 0.2) is 0 Å². The molecule has 9 heteroatoms. The van der Waals surface area contributed by atoms with Crippen LogP contribution in [0.4, 0.5) is 5.69 Å².